The molecule has 4 heteroatoms. The standard InChI is InChI=1S/C14H18N2O2/c1-9-4-2-3-7-16(9)10-5-6-11-12(8-10)15-14(18)13(11)17/h5-6,8-9,13,17H,2-4,7H2,1H3,(H,15,18). The van der Waals surface area contributed by atoms with Crippen LogP contribution in [0.3, 0.4) is 0 Å². The second-order valence-corrected chi connectivity index (χ2v) is 5.20. The molecule has 4 nitrogen and oxygen atoms in total. The van der Waals surface area contributed by atoms with Crippen molar-refractivity contribution in [2.75, 3.05) is 16.8 Å². The van der Waals surface area contributed by atoms with Crippen molar-refractivity contribution in [3.63, 3.8) is 0 Å². The summed E-state index contributed by atoms with van der Waals surface area (Å²) in [6, 6.07) is 6.38. The topological polar surface area (TPSA) is 52.6 Å². The molecule has 2 unspecified atom stereocenters. The molecule has 2 atom stereocenters. The van der Waals surface area contributed by atoms with Gasteiger partial charge >= 0.3 is 0 Å². The van der Waals surface area contributed by atoms with Crippen LogP contribution in [0, 0.1) is 0 Å². The van der Waals surface area contributed by atoms with Gasteiger partial charge in [0.05, 0.1) is 0 Å². The average Bonchev–Trinajstić information content (AvgIpc) is 2.65. The third-order valence-corrected chi connectivity index (χ3v) is 3.97. The van der Waals surface area contributed by atoms with Crippen LogP contribution in [0.5, 0.6) is 0 Å². The number of hydrogen-bond acceptors (Lipinski definition) is 3. The number of aliphatic hydroxyl groups is 1. The number of carbonyl (C=O) groups is 1. The summed E-state index contributed by atoms with van der Waals surface area (Å²) in [4.78, 5) is 13.8. The normalized spacial score (nSPS) is 27.0. The molecule has 0 aromatic heterocycles. The van der Waals surface area contributed by atoms with Gasteiger partial charge in [-0.25, -0.2) is 0 Å². The van der Waals surface area contributed by atoms with Gasteiger partial charge in [-0.2, -0.15) is 0 Å². The van der Waals surface area contributed by atoms with Crippen molar-refractivity contribution in [2.24, 2.45) is 0 Å². The van der Waals surface area contributed by atoms with Gasteiger partial charge in [-0.3, -0.25) is 4.79 Å². The van der Waals surface area contributed by atoms with Gasteiger partial charge in [0.1, 0.15) is 0 Å². The van der Waals surface area contributed by atoms with E-state index in [1.54, 1.807) is 0 Å². The lowest BCUT2D eigenvalue weighted by molar-refractivity contribution is -0.123. The van der Waals surface area contributed by atoms with E-state index in [-0.39, 0.29) is 5.91 Å². The molecule has 0 aliphatic carbocycles. The van der Waals surface area contributed by atoms with Crippen molar-refractivity contribution in [1.82, 2.24) is 0 Å². The SMILES string of the molecule is CC1CCCCN1c1ccc2c(c1)NC(=O)C2O. The minimum atomic E-state index is -1.01. The zero-order valence-electron chi connectivity index (χ0n) is 10.5. The number of fused-ring (bicyclic) bond motifs is 1. The average molecular weight is 246 g/mol. The Morgan fingerprint density at radius 2 is 2.22 bits per heavy atom. The second kappa shape index (κ2) is 4.28. The van der Waals surface area contributed by atoms with E-state index in [0.717, 1.165) is 17.9 Å². The fraction of sp³-hybridized carbons (Fsp3) is 0.500. The quantitative estimate of drug-likeness (QED) is 0.797. The van der Waals surface area contributed by atoms with Gasteiger partial charge in [-0.1, -0.05) is 6.07 Å². The lowest BCUT2D eigenvalue weighted by Crippen LogP contribution is -2.37. The van der Waals surface area contributed by atoms with Crippen LogP contribution in [0.4, 0.5) is 11.4 Å². The Morgan fingerprint density at radius 1 is 1.39 bits per heavy atom. The molecule has 2 aliphatic rings. The predicted octanol–water partition coefficient (Wildman–Crippen LogP) is 2.05. The third kappa shape index (κ3) is 1.77. The molecule has 1 aromatic rings. The van der Waals surface area contributed by atoms with Gasteiger partial charge < -0.3 is 15.3 Å². The molecule has 96 valence electrons. The van der Waals surface area contributed by atoms with E-state index in [2.05, 4.69) is 17.1 Å². The number of benzene rings is 1. The molecule has 0 radical (unpaired) electrons. The Kier molecular flexibility index (Phi) is 2.74. The summed E-state index contributed by atoms with van der Waals surface area (Å²) in [5, 5.41) is 12.4. The van der Waals surface area contributed by atoms with Crippen molar-refractivity contribution in [3.8, 4) is 0 Å². The van der Waals surface area contributed by atoms with E-state index in [1.807, 2.05) is 18.2 Å². The molecule has 0 bridgehead atoms. The molecule has 1 amide bonds. The Labute approximate surface area is 107 Å². The van der Waals surface area contributed by atoms with E-state index in [4.69, 9.17) is 0 Å². The van der Waals surface area contributed by atoms with Crippen LogP contribution in [-0.2, 0) is 4.79 Å². The Balaban J connectivity index is 1.91. The van der Waals surface area contributed by atoms with Gasteiger partial charge in [0.25, 0.3) is 5.91 Å². The number of hydrogen-bond donors (Lipinski definition) is 2. The minimum Gasteiger partial charge on any atom is -0.378 e. The first-order chi connectivity index (χ1) is 8.66. The van der Waals surface area contributed by atoms with Gasteiger partial charge in [-0.05, 0) is 38.3 Å². The summed E-state index contributed by atoms with van der Waals surface area (Å²) in [7, 11) is 0. The molecule has 2 aliphatic heterocycles. The Morgan fingerprint density at radius 3 is 3.00 bits per heavy atom. The number of nitrogens with one attached hydrogen (secondary N) is 1. The molecule has 18 heavy (non-hydrogen) atoms. The van der Waals surface area contributed by atoms with Gasteiger partial charge in [0, 0.05) is 29.5 Å². The number of piperidine rings is 1. The van der Waals surface area contributed by atoms with Crippen LogP contribution in [0.15, 0.2) is 18.2 Å². The van der Waals surface area contributed by atoms with Crippen LogP contribution in [-0.4, -0.2) is 23.6 Å². The maximum absolute atomic E-state index is 11.4. The molecule has 1 saturated heterocycles. The zero-order chi connectivity index (χ0) is 12.7. The van der Waals surface area contributed by atoms with E-state index >= 15 is 0 Å². The van der Waals surface area contributed by atoms with Gasteiger partial charge in [0.15, 0.2) is 6.10 Å². The van der Waals surface area contributed by atoms with Crippen molar-refractivity contribution in [2.45, 2.75) is 38.3 Å². The second-order valence-electron chi connectivity index (χ2n) is 5.20. The van der Waals surface area contributed by atoms with E-state index < -0.39 is 6.10 Å². The number of carbonyl (C=O) groups excluding carboxylic acids is 1. The summed E-state index contributed by atoms with van der Waals surface area (Å²) in [6.45, 7) is 3.30. The Bertz CT molecular complexity index is 487. The van der Waals surface area contributed by atoms with E-state index in [0.29, 0.717) is 11.6 Å². The summed E-state index contributed by atoms with van der Waals surface area (Å²) < 4.78 is 0. The summed E-state index contributed by atoms with van der Waals surface area (Å²) in [5.41, 5.74) is 2.58. The predicted molar refractivity (Wildman–Crippen MR) is 70.7 cm³/mol. The molecular formula is C14H18N2O2. The van der Waals surface area contributed by atoms with Crippen molar-refractivity contribution < 1.29 is 9.90 Å². The third-order valence-electron chi connectivity index (χ3n) is 3.97. The molecule has 2 N–H and O–H groups in total. The van der Waals surface area contributed by atoms with Crippen LogP contribution in [0.2, 0.25) is 0 Å². The molecule has 2 heterocycles. The number of amides is 1. The number of rotatable bonds is 1. The number of aliphatic hydroxyl groups excluding tert-OH is 1. The first-order valence-corrected chi connectivity index (χ1v) is 6.56. The fourth-order valence-corrected chi connectivity index (χ4v) is 2.89. The minimum absolute atomic E-state index is 0.325. The van der Waals surface area contributed by atoms with Crippen molar-refractivity contribution in [3.05, 3.63) is 23.8 Å². The molecular weight excluding hydrogens is 228 g/mol. The van der Waals surface area contributed by atoms with Crippen LogP contribution in [0.25, 0.3) is 0 Å². The first kappa shape index (κ1) is 11.5. The maximum atomic E-state index is 11.4. The lowest BCUT2D eigenvalue weighted by Gasteiger charge is -2.35. The van der Waals surface area contributed by atoms with E-state index in [9.17, 15) is 9.90 Å². The summed E-state index contributed by atoms with van der Waals surface area (Å²) in [6.07, 6.45) is 2.72. The Hall–Kier alpha value is -1.55. The molecule has 1 aromatic carbocycles. The van der Waals surface area contributed by atoms with Crippen molar-refractivity contribution >= 4 is 17.3 Å². The van der Waals surface area contributed by atoms with E-state index in [1.165, 1.54) is 19.3 Å². The highest BCUT2D eigenvalue weighted by Crippen LogP contribution is 2.35. The highest BCUT2D eigenvalue weighted by molar-refractivity contribution is 6.02. The van der Waals surface area contributed by atoms with Gasteiger partial charge in [-0.15, -0.1) is 0 Å². The molecule has 1 fully saturated rings. The smallest absolute Gasteiger partial charge is 0.257 e. The fourth-order valence-electron chi connectivity index (χ4n) is 2.89. The molecule has 0 saturated carbocycles. The largest absolute Gasteiger partial charge is 0.378 e. The monoisotopic (exact) mass is 246 g/mol. The first-order valence-electron chi connectivity index (χ1n) is 6.56. The summed E-state index contributed by atoms with van der Waals surface area (Å²) >= 11 is 0. The summed E-state index contributed by atoms with van der Waals surface area (Å²) in [5.74, 6) is -0.325. The highest BCUT2D eigenvalue weighted by Gasteiger charge is 2.29. The molecule has 0 spiro atoms. The van der Waals surface area contributed by atoms with Crippen molar-refractivity contribution in [1.29, 1.82) is 0 Å². The van der Waals surface area contributed by atoms with Gasteiger partial charge in [0.2, 0.25) is 0 Å². The maximum Gasteiger partial charge on any atom is 0.257 e. The van der Waals surface area contributed by atoms with Crippen LogP contribution in [0.1, 0.15) is 37.9 Å². The highest BCUT2D eigenvalue weighted by atomic mass is 16.3. The molecule has 3 rings (SSSR count). The van der Waals surface area contributed by atoms with Crippen LogP contribution >= 0.6 is 0 Å². The van der Waals surface area contributed by atoms with Crippen LogP contribution < -0.4 is 10.2 Å². The number of nitrogens with zero attached hydrogens (tertiary/aromatic N) is 1. The number of anilines is 2. The lowest BCUT2D eigenvalue weighted by atomic mass is 10.0. The zero-order valence-corrected chi connectivity index (χ0v) is 10.5.